The predicted octanol–water partition coefficient (Wildman–Crippen LogP) is 2.91. The Morgan fingerprint density at radius 3 is 2.75 bits per heavy atom. The predicted molar refractivity (Wildman–Crippen MR) is 84.2 cm³/mol. The Balaban J connectivity index is 1.65. The smallest absolute Gasteiger partial charge is 0.118 e. The molecule has 1 fully saturated rings. The van der Waals surface area contributed by atoms with Gasteiger partial charge >= 0.3 is 0 Å². The minimum absolute atomic E-state index is 0.901. The summed E-state index contributed by atoms with van der Waals surface area (Å²) in [4.78, 5) is 2.41. The fourth-order valence-electron chi connectivity index (χ4n) is 2.94. The molecule has 0 spiro atoms. The SMILES string of the molecule is COc1ccc(CN(C)CCCC2CCCNC2)cc1. The lowest BCUT2D eigenvalue weighted by molar-refractivity contribution is 0.287. The monoisotopic (exact) mass is 276 g/mol. The molecule has 1 aliphatic rings. The summed E-state index contributed by atoms with van der Waals surface area (Å²) in [6.07, 6.45) is 5.43. The first kappa shape index (κ1) is 15.3. The van der Waals surface area contributed by atoms with Gasteiger partial charge < -0.3 is 15.0 Å². The molecule has 3 nitrogen and oxygen atoms in total. The maximum Gasteiger partial charge on any atom is 0.118 e. The van der Waals surface area contributed by atoms with Crippen LogP contribution >= 0.6 is 0 Å². The van der Waals surface area contributed by atoms with Gasteiger partial charge in [-0.25, -0.2) is 0 Å². The fraction of sp³-hybridized carbons (Fsp3) is 0.647. The van der Waals surface area contributed by atoms with Crippen molar-refractivity contribution in [2.75, 3.05) is 33.8 Å². The summed E-state index contributed by atoms with van der Waals surface area (Å²) < 4.78 is 5.19. The summed E-state index contributed by atoms with van der Waals surface area (Å²) in [5.74, 6) is 1.83. The Morgan fingerprint density at radius 1 is 1.30 bits per heavy atom. The Labute approximate surface area is 123 Å². The van der Waals surface area contributed by atoms with Crippen LogP contribution < -0.4 is 10.1 Å². The van der Waals surface area contributed by atoms with E-state index in [0.29, 0.717) is 0 Å². The number of nitrogens with zero attached hydrogens (tertiary/aromatic N) is 1. The molecule has 1 heterocycles. The van der Waals surface area contributed by atoms with Crippen molar-refractivity contribution >= 4 is 0 Å². The van der Waals surface area contributed by atoms with Gasteiger partial charge in [0.1, 0.15) is 5.75 Å². The molecular formula is C17H28N2O. The lowest BCUT2D eigenvalue weighted by Gasteiger charge is -2.24. The molecule has 3 heteroatoms. The summed E-state index contributed by atoms with van der Waals surface area (Å²) in [7, 11) is 3.92. The van der Waals surface area contributed by atoms with Crippen LogP contribution in [0.5, 0.6) is 5.75 Å². The molecular weight excluding hydrogens is 248 g/mol. The number of nitrogens with one attached hydrogen (secondary N) is 1. The Bertz CT molecular complexity index is 371. The summed E-state index contributed by atoms with van der Waals surface area (Å²) in [5, 5.41) is 3.50. The molecule has 1 saturated heterocycles. The largest absolute Gasteiger partial charge is 0.497 e. The van der Waals surface area contributed by atoms with Crippen molar-refractivity contribution in [3.8, 4) is 5.75 Å². The zero-order valence-corrected chi connectivity index (χ0v) is 12.9. The van der Waals surface area contributed by atoms with E-state index in [-0.39, 0.29) is 0 Å². The van der Waals surface area contributed by atoms with Crippen LogP contribution in [-0.4, -0.2) is 38.7 Å². The van der Waals surface area contributed by atoms with E-state index in [4.69, 9.17) is 4.74 Å². The van der Waals surface area contributed by atoms with Crippen LogP contribution in [0.15, 0.2) is 24.3 Å². The summed E-state index contributed by atoms with van der Waals surface area (Å²) in [6.45, 7) is 4.64. The van der Waals surface area contributed by atoms with Crippen LogP contribution in [0.3, 0.4) is 0 Å². The second-order valence-electron chi connectivity index (χ2n) is 5.94. The maximum atomic E-state index is 5.19. The van der Waals surface area contributed by atoms with E-state index >= 15 is 0 Å². The molecule has 0 saturated carbocycles. The Hall–Kier alpha value is -1.06. The molecule has 0 aliphatic carbocycles. The van der Waals surface area contributed by atoms with Crippen molar-refractivity contribution < 1.29 is 4.74 Å². The summed E-state index contributed by atoms with van der Waals surface area (Å²) in [5.41, 5.74) is 1.35. The van der Waals surface area contributed by atoms with Gasteiger partial charge in [-0.2, -0.15) is 0 Å². The molecule has 0 amide bonds. The first-order chi connectivity index (χ1) is 9.78. The number of ether oxygens (including phenoxy) is 1. The third-order valence-corrected chi connectivity index (χ3v) is 4.16. The highest BCUT2D eigenvalue weighted by Gasteiger charge is 2.12. The molecule has 1 aliphatic heterocycles. The average molecular weight is 276 g/mol. The van der Waals surface area contributed by atoms with Gasteiger partial charge in [-0.3, -0.25) is 0 Å². The number of hydrogen-bond acceptors (Lipinski definition) is 3. The lowest BCUT2D eigenvalue weighted by atomic mass is 9.95. The van der Waals surface area contributed by atoms with E-state index in [1.54, 1.807) is 7.11 Å². The molecule has 20 heavy (non-hydrogen) atoms. The summed E-state index contributed by atoms with van der Waals surface area (Å²) >= 11 is 0. The van der Waals surface area contributed by atoms with E-state index in [9.17, 15) is 0 Å². The van der Waals surface area contributed by atoms with Gasteiger partial charge in [-0.05, 0) is 76.0 Å². The molecule has 1 aromatic carbocycles. The minimum Gasteiger partial charge on any atom is -0.497 e. The first-order valence-electron chi connectivity index (χ1n) is 7.80. The molecule has 1 aromatic rings. The van der Waals surface area contributed by atoms with Crippen molar-refractivity contribution in [1.29, 1.82) is 0 Å². The van der Waals surface area contributed by atoms with Crippen LogP contribution in [0.4, 0.5) is 0 Å². The molecule has 112 valence electrons. The normalized spacial score (nSPS) is 19.2. The van der Waals surface area contributed by atoms with E-state index in [1.807, 2.05) is 12.1 Å². The van der Waals surface area contributed by atoms with Gasteiger partial charge in [0.15, 0.2) is 0 Å². The zero-order chi connectivity index (χ0) is 14.2. The number of piperidine rings is 1. The molecule has 2 rings (SSSR count). The first-order valence-corrected chi connectivity index (χ1v) is 7.80. The molecule has 1 N–H and O–H groups in total. The third kappa shape index (κ3) is 5.14. The lowest BCUT2D eigenvalue weighted by Crippen LogP contribution is -2.30. The number of benzene rings is 1. The van der Waals surface area contributed by atoms with Gasteiger partial charge in [0, 0.05) is 6.54 Å². The second kappa shape index (κ2) is 8.28. The Morgan fingerprint density at radius 2 is 2.10 bits per heavy atom. The van der Waals surface area contributed by atoms with Gasteiger partial charge in [0.05, 0.1) is 7.11 Å². The van der Waals surface area contributed by atoms with Crippen LogP contribution in [0.2, 0.25) is 0 Å². The van der Waals surface area contributed by atoms with Crippen molar-refractivity contribution in [3.63, 3.8) is 0 Å². The van der Waals surface area contributed by atoms with Crippen LogP contribution in [0.25, 0.3) is 0 Å². The highest BCUT2D eigenvalue weighted by Crippen LogP contribution is 2.17. The highest BCUT2D eigenvalue weighted by atomic mass is 16.5. The van der Waals surface area contributed by atoms with Crippen LogP contribution in [0, 0.1) is 5.92 Å². The third-order valence-electron chi connectivity index (χ3n) is 4.16. The van der Waals surface area contributed by atoms with Crippen molar-refractivity contribution in [3.05, 3.63) is 29.8 Å². The minimum atomic E-state index is 0.901. The zero-order valence-electron chi connectivity index (χ0n) is 12.9. The Kier molecular flexibility index (Phi) is 6.34. The van der Waals surface area contributed by atoms with Crippen LogP contribution in [0.1, 0.15) is 31.2 Å². The number of methoxy groups -OCH3 is 1. The van der Waals surface area contributed by atoms with Crippen molar-refractivity contribution in [1.82, 2.24) is 10.2 Å². The standard InChI is InChI=1S/C17H28N2O/c1-19(12-4-6-15-5-3-11-18-13-15)14-16-7-9-17(20-2)10-8-16/h7-10,15,18H,3-6,11-14H2,1-2H3. The number of rotatable bonds is 7. The summed E-state index contributed by atoms with van der Waals surface area (Å²) in [6, 6.07) is 8.38. The van der Waals surface area contributed by atoms with E-state index in [0.717, 1.165) is 18.2 Å². The van der Waals surface area contributed by atoms with E-state index in [2.05, 4.69) is 29.4 Å². The van der Waals surface area contributed by atoms with E-state index < -0.39 is 0 Å². The second-order valence-corrected chi connectivity index (χ2v) is 5.94. The molecule has 0 bridgehead atoms. The molecule has 0 aromatic heterocycles. The topological polar surface area (TPSA) is 24.5 Å². The van der Waals surface area contributed by atoms with Gasteiger partial charge in [0.2, 0.25) is 0 Å². The maximum absolute atomic E-state index is 5.19. The van der Waals surface area contributed by atoms with E-state index in [1.165, 1.54) is 50.9 Å². The van der Waals surface area contributed by atoms with Crippen molar-refractivity contribution in [2.45, 2.75) is 32.2 Å². The molecule has 1 unspecified atom stereocenters. The quantitative estimate of drug-likeness (QED) is 0.829. The highest BCUT2D eigenvalue weighted by molar-refractivity contribution is 5.26. The molecule has 0 radical (unpaired) electrons. The molecule has 1 atom stereocenters. The average Bonchev–Trinajstić information content (AvgIpc) is 2.49. The van der Waals surface area contributed by atoms with Gasteiger partial charge in [0.25, 0.3) is 0 Å². The van der Waals surface area contributed by atoms with Crippen LogP contribution in [-0.2, 0) is 6.54 Å². The fourth-order valence-corrected chi connectivity index (χ4v) is 2.94. The van der Waals surface area contributed by atoms with Crippen molar-refractivity contribution in [2.24, 2.45) is 5.92 Å². The number of hydrogen-bond donors (Lipinski definition) is 1. The van der Waals surface area contributed by atoms with Gasteiger partial charge in [-0.15, -0.1) is 0 Å². The van der Waals surface area contributed by atoms with Gasteiger partial charge in [-0.1, -0.05) is 12.1 Å².